The van der Waals surface area contributed by atoms with Crippen LogP contribution in [0, 0.1) is 0 Å². The summed E-state index contributed by atoms with van der Waals surface area (Å²) in [7, 11) is 0. The first-order chi connectivity index (χ1) is 9.66. The van der Waals surface area contributed by atoms with E-state index in [-0.39, 0.29) is 18.4 Å². The highest BCUT2D eigenvalue weighted by molar-refractivity contribution is 5.86. The number of carbonyl (C=O) groups is 1. The Balaban J connectivity index is 1.77. The number of nitrogens with one attached hydrogen (secondary N) is 1. The summed E-state index contributed by atoms with van der Waals surface area (Å²) in [5.41, 5.74) is 1.39. The molecular weight excluding hydrogens is 256 g/mol. The topological polar surface area (TPSA) is 64.4 Å². The Morgan fingerprint density at radius 2 is 2.20 bits per heavy atom. The van der Waals surface area contributed by atoms with E-state index >= 15 is 0 Å². The Morgan fingerprint density at radius 3 is 3.00 bits per heavy atom. The van der Waals surface area contributed by atoms with Crippen molar-refractivity contribution in [3.05, 3.63) is 30.0 Å². The fraction of sp³-hybridized carbons (Fsp3) is 0.467. The summed E-state index contributed by atoms with van der Waals surface area (Å²) in [5.74, 6) is -0.0476. The number of rotatable bonds is 7. The molecular formula is C15H20N2O3. The fourth-order valence-corrected chi connectivity index (χ4v) is 1.90. The molecule has 0 aliphatic heterocycles. The molecule has 1 aromatic carbocycles. The molecule has 0 saturated carbocycles. The zero-order chi connectivity index (χ0) is 14.4. The van der Waals surface area contributed by atoms with E-state index in [1.807, 2.05) is 38.1 Å². The van der Waals surface area contributed by atoms with E-state index in [9.17, 15) is 4.79 Å². The molecule has 5 nitrogen and oxygen atoms in total. The molecule has 1 amide bonds. The zero-order valence-electron chi connectivity index (χ0n) is 11.9. The molecule has 0 aliphatic carbocycles. The maximum atomic E-state index is 11.8. The van der Waals surface area contributed by atoms with Crippen LogP contribution in [0.25, 0.3) is 11.0 Å². The largest absolute Gasteiger partial charge is 0.379 e. The van der Waals surface area contributed by atoms with Crippen LogP contribution in [-0.4, -0.2) is 30.3 Å². The molecule has 0 bridgehead atoms. The Bertz CT molecular complexity index is 563. The van der Waals surface area contributed by atoms with E-state index in [4.69, 9.17) is 9.26 Å². The van der Waals surface area contributed by atoms with Crippen LogP contribution in [0.5, 0.6) is 0 Å². The number of aromatic nitrogens is 1. The predicted octanol–water partition coefficient (Wildman–Crippen LogP) is 2.30. The lowest BCUT2D eigenvalue weighted by atomic mass is 10.1. The summed E-state index contributed by atoms with van der Waals surface area (Å²) in [4.78, 5) is 11.8. The molecule has 0 unspecified atom stereocenters. The number of hydrogen-bond donors (Lipinski definition) is 1. The van der Waals surface area contributed by atoms with Crippen LogP contribution in [0.4, 0.5) is 0 Å². The van der Waals surface area contributed by atoms with Gasteiger partial charge in [-0.1, -0.05) is 17.3 Å². The van der Waals surface area contributed by atoms with E-state index < -0.39 is 0 Å². The second kappa shape index (κ2) is 7.05. The van der Waals surface area contributed by atoms with Gasteiger partial charge in [0.1, 0.15) is 5.69 Å². The van der Waals surface area contributed by atoms with Gasteiger partial charge in [0.05, 0.1) is 12.5 Å². The molecule has 1 aromatic heterocycles. The smallest absolute Gasteiger partial charge is 0.226 e. The van der Waals surface area contributed by atoms with Gasteiger partial charge in [0.2, 0.25) is 5.91 Å². The van der Waals surface area contributed by atoms with Crippen LogP contribution >= 0.6 is 0 Å². The van der Waals surface area contributed by atoms with Crippen molar-refractivity contribution in [3.8, 4) is 0 Å². The summed E-state index contributed by atoms with van der Waals surface area (Å²) >= 11 is 0. The van der Waals surface area contributed by atoms with E-state index in [0.29, 0.717) is 24.4 Å². The molecule has 0 radical (unpaired) electrons. The van der Waals surface area contributed by atoms with Crippen molar-refractivity contribution in [2.45, 2.75) is 32.8 Å². The zero-order valence-corrected chi connectivity index (χ0v) is 11.9. The summed E-state index contributed by atoms with van der Waals surface area (Å²) in [6, 6.07) is 7.54. The average Bonchev–Trinajstić information content (AvgIpc) is 2.81. The molecule has 0 spiro atoms. The van der Waals surface area contributed by atoms with Crippen LogP contribution in [0.2, 0.25) is 0 Å². The number of carbonyl (C=O) groups excluding carboxylic acids is 1. The lowest BCUT2D eigenvalue weighted by Gasteiger charge is -2.07. The monoisotopic (exact) mass is 276 g/mol. The molecule has 108 valence electrons. The first kappa shape index (κ1) is 14.5. The van der Waals surface area contributed by atoms with Crippen molar-refractivity contribution >= 4 is 16.9 Å². The minimum atomic E-state index is -0.0476. The van der Waals surface area contributed by atoms with Gasteiger partial charge in [-0.05, 0) is 32.4 Å². The summed E-state index contributed by atoms with van der Waals surface area (Å²) in [5, 5.41) is 7.70. The van der Waals surface area contributed by atoms with Gasteiger partial charge in [-0.3, -0.25) is 4.79 Å². The Hall–Kier alpha value is -1.88. The summed E-state index contributed by atoms with van der Waals surface area (Å²) in [6.07, 6.45) is 1.28. The Kier molecular flexibility index (Phi) is 5.12. The molecule has 1 N–H and O–H groups in total. The van der Waals surface area contributed by atoms with Gasteiger partial charge in [-0.15, -0.1) is 0 Å². The van der Waals surface area contributed by atoms with Gasteiger partial charge in [0, 0.05) is 18.5 Å². The number of hydrogen-bond acceptors (Lipinski definition) is 4. The predicted molar refractivity (Wildman–Crippen MR) is 76.4 cm³/mol. The van der Waals surface area contributed by atoms with Crippen molar-refractivity contribution in [3.63, 3.8) is 0 Å². The van der Waals surface area contributed by atoms with Gasteiger partial charge >= 0.3 is 0 Å². The van der Waals surface area contributed by atoms with Crippen molar-refractivity contribution in [2.75, 3.05) is 13.2 Å². The highest BCUT2D eigenvalue weighted by atomic mass is 16.5. The third-order valence-corrected chi connectivity index (χ3v) is 2.87. The number of benzene rings is 1. The number of ether oxygens (including phenoxy) is 1. The highest BCUT2D eigenvalue weighted by Crippen LogP contribution is 2.17. The van der Waals surface area contributed by atoms with Crippen LogP contribution in [0.15, 0.2) is 28.8 Å². The molecule has 0 atom stereocenters. The second-order valence-corrected chi connectivity index (χ2v) is 4.93. The first-order valence-corrected chi connectivity index (χ1v) is 6.88. The van der Waals surface area contributed by atoms with Crippen LogP contribution in [-0.2, 0) is 16.0 Å². The quantitative estimate of drug-likeness (QED) is 0.788. The second-order valence-electron chi connectivity index (χ2n) is 4.93. The summed E-state index contributed by atoms with van der Waals surface area (Å²) < 4.78 is 10.6. The SMILES string of the molecule is CC(C)OCCCNC(=O)Cc1noc2ccccc12. The van der Waals surface area contributed by atoms with E-state index in [0.717, 1.165) is 11.8 Å². The van der Waals surface area contributed by atoms with Gasteiger partial charge in [-0.2, -0.15) is 0 Å². The maximum absolute atomic E-state index is 11.8. The molecule has 0 saturated heterocycles. The third kappa shape index (κ3) is 4.06. The normalized spacial score (nSPS) is 11.2. The molecule has 1 heterocycles. The van der Waals surface area contributed by atoms with Gasteiger partial charge in [0.15, 0.2) is 5.58 Å². The number of para-hydroxylation sites is 1. The highest BCUT2D eigenvalue weighted by Gasteiger charge is 2.11. The van der Waals surface area contributed by atoms with Crippen LogP contribution in [0.3, 0.4) is 0 Å². The van der Waals surface area contributed by atoms with Gasteiger partial charge in [-0.25, -0.2) is 0 Å². The Labute approximate surface area is 118 Å². The third-order valence-electron chi connectivity index (χ3n) is 2.87. The standard InChI is InChI=1S/C15H20N2O3/c1-11(2)19-9-5-8-16-15(18)10-13-12-6-3-4-7-14(12)20-17-13/h3-4,6-7,11H,5,8-10H2,1-2H3,(H,16,18). The van der Waals surface area contributed by atoms with Gasteiger partial charge < -0.3 is 14.6 Å². The molecule has 20 heavy (non-hydrogen) atoms. The van der Waals surface area contributed by atoms with Crippen molar-refractivity contribution in [1.82, 2.24) is 10.5 Å². The minimum absolute atomic E-state index is 0.0476. The van der Waals surface area contributed by atoms with Crippen molar-refractivity contribution < 1.29 is 14.1 Å². The average molecular weight is 276 g/mol. The molecule has 5 heteroatoms. The lowest BCUT2D eigenvalue weighted by Crippen LogP contribution is -2.27. The molecule has 2 aromatic rings. The number of fused-ring (bicyclic) bond motifs is 1. The van der Waals surface area contributed by atoms with E-state index in [2.05, 4.69) is 10.5 Å². The van der Waals surface area contributed by atoms with Crippen molar-refractivity contribution in [1.29, 1.82) is 0 Å². The van der Waals surface area contributed by atoms with Crippen LogP contribution < -0.4 is 5.32 Å². The van der Waals surface area contributed by atoms with Crippen molar-refractivity contribution in [2.24, 2.45) is 0 Å². The number of nitrogens with zero attached hydrogens (tertiary/aromatic N) is 1. The maximum Gasteiger partial charge on any atom is 0.226 e. The van der Waals surface area contributed by atoms with E-state index in [1.54, 1.807) is 0 Å². The minimum Gasteiger partial charge on any atom is -0.379 e. The van der Waals surface area contributed by atoms with Gasteiger partial charge in [0.25, 0.3) is 0 Å². The fourth-order valence-electron chi connectivity index (χ4n) is 1.90. The number of amides is 1. The first-order valence-electron chi connectivity index (χ1n) is 6.88. The van der Waals surface area contributed by atoms with E-state index in [1.165, 1.54) is 0 Å². The lowest BCUT2D eigenvalue weighted by molar-refractivity contribution is -0.120. The van der Waals surface area contributed by atoms with Crippen LogP contribution in [0.1, 0.15) is 26.0 Å². The summed E-state index contributed by atoms with van der Waals surface area (Å²) in [6.45, 7) is 5.26. The molecule has 0 aliphatic rings. The molecule has 0 fully saturated rings. The Morgan fingerprint density at radius 1 is 1.40 bits per heavy atom. The molecule has 2 rings (SSSR count).